The monoisotopic (exact) mass is 340 g/mol. The Hall–Kier alpha value is -1.73. The maximum atomic E-state index is 13.7. The SMILES string of the molecule is O=C(Cc1c(F)cccc1Cl)N1CCN(c2cnsn2)CC1. The van der Waals surface area contributed by atoms with Crippen LogP contribution in [0.15, 0.2) is 24.4 Å². The molecule has 2 heterocycles. The van der Waals surface area contributed by atoms with Gasteiger partial charge in [0.2, 0.25) is 5.91 Å². The highest BCUT2D eigenvalue weighted by atomic mass is 35.5. The van der Waals surface area contributed by atoms with Crippen LogP contribution in [0.5, 0.6) is 0 Å². The Morgan fingerprint density at radius 1 is 1.32 bits per heavy atom. The molecule has 116 valence electrons. The van der Waals surface area contributed by atoms with E-state index in [1.54, 1.807) is 17.2 Å². The zero-order valence-electron chi connectivity index (χ0n) is 11.7. The Labute approximate surface area is 136 Å². The molecule has 0 N–H and O–H groups in total. The van der Waals surface area contributed by atoms with Crippen LogP contribution in [-0.2, 0) is 11.2 Å². The molecule has 1 aliphatic rings. The molecule has 2 aromatic rings. The number of benzene rings is 1. The van der Waals surface area contributed by atoms with Gasteiger partial charge >= 0.3 is 0 Å². The van der Waals surface area contributed by atoms with Gasteiger partial charge < -0.3 is 9.80 Å². The fourth-order valence-corrected chi connectivity index (χ4v) is 3.11. The topological polar surface area (TPSA) is 49.3 Å². The molecule has 1 amide bonds. The minimum absolute atomic E-state index is 0.0102. The van der Waals surface area contributed by atoms with Gasteiger partial charge in [-0.25, -0.2) is 4.39 Å². The molecule has 1 aromatic carbocycles. The number of hydrogen-bond donors (Lipinski definition) is 0. The van der Waals surface area contributed by atoms with Crippen molar-refractivity contribution in [1.82, 2.24) is 13.6 Å². The molecule has 1 aliphatic heterocycles. The van der Waals surface area contributed by atoms with Crippen molar-refractivity contribution in [3.8, 4) is 0 Å². The number of halogens is 2. The second-order valence-electron chi connectivity index (χ2n) is 5.01. The molecule has 0 radical (unpaired) electrons. The maximum Gasteiger partial charge on any atom is 0.227 e. The van der Waals surface area contributed by atoms with Gasteiger partial charge in [-0.3, -0.25) is 4.79 Å². The molecule has 0 unspecified atom stereocenters. The van der Waals surface area contributed by atoms with Crippen LogP contribution in [0.3, 0.4) is 0 Å². The summed E-state index contributed by atoms with van der Waals surface area (Å²) >= 11 is 7.14. The van der Waals surface area contributed by atoms with Gasteiger partial charge in [-0.15, -0.1) is 0 Å². The highest BCUT2D eigenvalue weighted by Gasteiger charge is 2.23. The number of rotatable bonds is 3. The molecule has 3 rings (SSSR count). The summed E-state index contributed by atoms with van der Waals surface area (Å²) in [6, 6.07) is 4.45. The van der Waals surface area contributed by atoms with Crippen LogP contribution < -0.4 is 4.90 Å². The number of amides is 1. The van der Waals surface area contributed by atoms with Crippen molar-refractivity contribution in [1.29, 1.82) is 0 Å². The summed E-state index contributed by atoms with van der Waals surface area (Å²) in [6.07, 6.45) is 1.71. The lowest BCUT2D eigenvalue weighted by molar-refractivity contribution is -0.130. The lowest BCUT2D eigenvalue weighted by atomic mass is 10.1. The predicted molar refractivity (Wildman–Crippen MR) is 83.8 cm³/mol. The van der Waals surface area contributed by atoms with Crippen molar-refractivity contribution < 1.29 is 9.18 Å². The van der Waals surface area contributed by atoms with Gasteiger partial charge in [0.15, 0.2) is 5.82 Å². The van der Waals surface area contributed by atoms with Gasteiger partial charge in [0.05, 0.1) is 24.3 Å². The third-order valence-corrected chi connectivity index (χ3v) is 4.52. The van der Waals surface area contributed by atoms with Crippen molar-refractivity contribution in [3.05, 3.63) is 40.8 Å². The molecule has 0 spiro atoms. The van der Waals surface area contributed by atoms with Gasteiger partial charge in [-0.1, -0.05) is 17.7 Å². The molecule has 1 fully saturated rings. The van der Waals surface area contributed by atoms with E-state index in [-0.39, 0.29) is 17.9 Å². The second kappa shape index (κ2) is 6.58. The van der Waals surface area contributed by atoms with E-state index in [1.165, 1.54) is 23.9 Å². The van der Waals surface area contributed by atoms with Crippen LogP contribution in [0.2, 0.25) is 5.02 Å². The average Bonchev–Trinajstić information content (AvgIpc) is 3.05. The van der Waals surface area contributed by atoms with E-state index in [2.05, 4.69) is 13.6 Å². The Kier molecular flexibility index (Phi) is 4.54. The first kappa shape index (κ1) is 15.2. The normalized spacial score (nSPS) is 15.2. The van der Waals surface area contributed by atoms with Crippen molar-refractivity contribution in [2.24, 2.45) is 0 Å². The van der Waals surface area contributed by atoms with Crippen LogP contribution in [0, 0.1) is 5.82 Å². The number of anilines is 1. The van der Waals surface area contributed by atoms with E-state index in [0.29, 0.717) is 31.2 Å². The van der Waals surface area contributed by atoms with Gasteiger partial charge in [-0.05, 0) is 12.1 Å². The van der Waals surface area contributed by atoms with Crippen molar-refractivity contribution in [2.45, 2.75) is 6.42 Å². The highest BCUT2D eigenvalue weighted by Crippen LogP contribution is 2.21. The number of aromatic nitrogens is 2. The largest absolute Gasteiger partial charge is 0.351 e. The summed E-state index contributed by atoms with van der Waals surface area (Å²) < 4.78 is 21.9. The molecule has 0 atom stereocenters. The minimum atomic E-state index is -0.437. The molecular weight excluding hydrogens is 327 g/mol. The number of carbonyl (C=O) groups excluding carboxylic acids is 1. The molecule has 0 saturated carbocycles. The Morgan fingerprint density at radius 2 is 2.09 bits per heavy atom. The predicted octanol–water partition coefficient (Wildman–Crippen LogP) is 2.22. The van der Waals surface area contributed by atoms with E-state index >= 15 is 0 Å². The summed E-state index contributed by atoms with van der Waals surface area (Å²) in [6.45, 7) is 2.56. The van der Waals surface area contributed by atoms with Crippen LogP contribution in [0.4, 0.5) is 10.2 Å². The van der Waals surface area contributed by atoms with Gasteiger partial charge in [-0.2, -0.15) is 8.75 Å². The molecule has 1 saturated heterocycles. The third-order valence-electron chi connectivity index (χ3n) is 3.70. The Balaban J connectivity index is 1.60. The minimum Gasteiger partial charge on any atom is -0.351 e. The van der Waals surface area contributed by atoms with Crippen molar-refractivity contribution in [2.75, 3.05) is 31.1 Å². The molecular formula is C14H14ClFN4OS. The zero-order valence-corrected chi connectivity index (χ0v) is 13.3. The maximum absolute atomic E-state index is 13.7. The molecule has 22 heavy (non-hydrogen) atoms. The van der Waals surface area contributed by atoms with Gasteiger partial charge in [0, 0.05) is 36.8 Å². The lowest BCUT2D eigenvalue weighted by Gasteiger charge is -2.34. The molecule has 0 aliphatic carbocycles. The Bertz CT molecular complexity index is 639. The molecule has 1 aromatic heterocycles. The molecule has 0 bridgehead atoms. The number of carbonyl (C=O) groups is 1. The fourth-order valence-electron chi connectivity index (χ4n) is 2.45. The van der Waals surface area contributed by atoms with E-state index in [1.807, 2.05) is 0 Å². The van der Waals surface area contributed by atoms with E-state index in [0.717, 1.165) is 5.82 Å². The highest BCUT2D eigenvalue weighted by molar-refractivity contribution is 6.99. The van der Waals surface area contributed by atoms with Crippen molar-refractivity contribution >= 4 is 35.1 Å². The number of nitrogens with zero attached hydrogens (tertiary/aromatic N) is 4. The van der Waals surface area contributed by atoms with E-state index in [4.69, 9.17) is 11.6 Å². The van der Waals surface area contributed by atoms with Crippen LogP contribution >= 0.6 is 23.3 Å². The first-order valence-electron chi connectivity index (χ1n) is 6.88. The fraction of sp³-hybridized carbons (Fsp3) is 0.357. The number of piperazine rings is 1. The van der Waals surface area contributed by atoms with E-state index in [9.17, 15) is 9.18 Å². The first-order chi connectivity index (χ1) is 10.6. The molecule has 5 nitrogen and oxygen atoms in total. The molecule has 8 heteroatoms. The second-order valence-corrected chi connectivity index (χ2v) is 5.97. The summed E-state index contributed by atoms with van der Waals surface area (Å²) in [4.78, 5) is 16.1. The first-order valence-corrected chi connectivity index (χ1v) is 7.99. The average molecular weight is 341 g/mol. The lowest BCUT2D eigenvalue weighted by Crippen LogP contribution is -2.49. The summed E-state index contributed by atoms with van der Waals surface area (Å²) in [5.74, 6) is 0.297. The summed E-state index contributed by atoms with van der Waals surface area (Å²) in [7, 11) is 0. The van der Waals surface area contributed by atoms with Crippen LogP contribution in [0.1, 0.15) is 5.56 Å². The van der Waals surface area contributed by atoms with Gasteiger partial charge in [0.25, 0.3) is 0 Å². The standard InChI is InChI=1S/C14H14ClFN4OS/c15-11-2-1-3-12(16)10(11)8-14(21)20-6-4-19(5-7-20)13-9-17-22-18-13/h1-3,9H,4-8H2. The quantitative estimate of drug-likeness (QED) is 0.859. The third kappa shape index (κ3) is 3.20. The zero-order chi connectivity index (χ0) is 15.5. The number of hydrogen-bond acceptors (Lipinski definition) is 5. The van der Waals surface area contributed by atoms with Gasteiger partial charge in [0.1, 0.15) is 5.82 Å². The van der Waals surface area contributed by atoms with Crippen LogP contribution in [-0.4, -0.2) is 45.7 Å². The van der Waals surface area contributed by atoms with Crippen molar-refractivity contribution in [3.63, 3.8) is 0 Å². The smallest absolute Gasteiger partial charge is 0.227 e. The summed E-state index contributed by atoms with van der Waals surface area (Å²) in [5.41, 5.74) is 0.264. The van der Waals surface area contributed by atoms with E-state index < -0.39 is 5.82 Å². The summed E-state index contributed by atoms with van der Waals surface area (Å²) in [5, 5.41) is 0.292. The van der Waals surface area contributed by atoms with Crippen LogP contribution in [0.25, 0.3) is 0 Å². The Morgan fingerprint density at radius 3 is 2.73 bits per heavy atom.